The molecule has 0 aromatic carbocycles. The molecule has 0 atom stereocenters. The Bertz CT molecular complexity index is 450. The van der Waals surface area contributed by atoms with Gasteiger partial charge in [-0.1, -0.05) is 19.9 Å². The molecular weight excluding hydrogens is 324 g/mol. The number of pyridine rings is 1. The number of aryl methyl sites for hydroxylation is 1. The van der Waals surface area contributed by atoms with Crippen molar-refractivity contribution in [1.29, 1.82) is 0 Å². The van der Waals surface area contributed by atoms with Crippen LogP contribution in [0.25, 0.3) is 0 Å². The highest BCUT2D eigenvalue weighted by Gasteiger charge is 2.41. The molecule has 2 heterocycles. The quantitative estimate of drug-likeness (QED) is 0.631. The maximum atomic E-state index is 4.52. The van der Waals surface area contributed by atoms with Gasteiger partial charge in [0.15, 0.2) is 0 Å². The molecule has 0 spiro atoms. The van der Waals surface area contributed by atoms with E-state index in [1.165, 1.54) is 24.8 Å². The van der Waals surface area contributed by atoms with Gasteiger partial charge < -0.3 is 0 Å². The lowest BCUT2D eigenvalue weighted by molar-refractivity contribution is -0.0342. The molecule has 0 amide bonds. The Labute approximate surface area is 139 Å². The molecule has 120 valence electrons. The van der Waals surface area contributed by atoms with Crippen molar-refractivity contribution in [2.24, 2.45) is 0 Å². The third-order valence-electron chi connectivity index (χ3n) is 4.53. The van der Waals surface area contributed by atoms with Crippen molar-refractivity contribution < 1.29 is 0 Å². The highest BCUT2D eigenvalue weighted by molar-refractivity contribution is 9.10. The van der Waals surface area contributed by atoms with Gasteiger partial charge in [-0.3, -0.25) is 4.90 Å². The second-order valence-corrected chi connectivity index (χ2v) is 7.76. The zero-order valence-corrected chi connectivity index (χ0v) is 16.3. The fraction of sp³-hybridized carbons (Fsp3) is 0.722. The van der Waals surface area contributed by atoms with Gasteiger partial charge in [0.05, 0.1) is 0 Å². The molecule has 0 unspecified atom stereocenters. The summed E-state index contributed by atoms with van der Waals surface area (Å²) in [5.74, 6) is 0. The number of hydrogen-bond acceptors (Lipinski definition) is 2. The average molecular weight is 355 g/mol. The summed E-state index contributed by atoms with van der Waals surface area (Å²) >= 11 is 3.44. The smallest absolute Gasteiger partial charge is 0.106 e. The van der Waals surface area contributed by atoms with Gasteiger partial charge in [-0.05, 0) is 81.4 Å². The van der Waals surface area contributed by atoms with Crippen molar-refractivity contribution in [2.45, 2.75) is 85.4 Å². The molecule has 1 aromatic heterocycles. The van der Waals surface area contributed by atoms with E-state index in [0.717, 1.165) is 16.8 Å². The summed E-state index contributed by atoms with van der Waals surface area (Å²) in [6.45, 7) is 16.6. The first-order valence-electron chi connectivity index (χ1n) is 8.12. The summed E-state index contributed by atoms with van der Waals surface area (Å²) in [4.78, 5) is 7.18. The van der Waals surface area contributed by atoms with Crippen molar-refractivity contribution in [2.75, 3.05) is 0 Å². The van der Waals surface area contributed by atoms with E-state index < -0.39 is 0 Å². The van der Waals surface area contributed by atoms with E-state index in [1.54, 1.807) is 0 Å². The van der Waals surface area contributed by atoms with Crippen molar-refractivity contribution in [3.63, 3.8) is 0 Å². The minimum absolute atomic E-state index is 0.265. The zero-order valence-electron chi connectivity index (χ0n) is 14.8. The molecule has 2 nitrogen and oxygen atoms in total. The van der Waals surface area contributed by atoms with Crippen LogP contribution in [0.4, 0.5) is 0 Å². The fourth-order valence-corrected chi connectivity index (χ4v) is 3.77. The summed E-state index contributed by atoms with van der Waals surface area (Å²) in [7, 11) is 0. The van der Waals surface area contributed by atoms with Gasteiger partial charge in [0.25, 0.3) is 0 Å². The van der Waals surface area contributed by atoms with E-state index in [0.29, 0.717) is 0 Å². The Morgan fingerprint density at radius 3 is 2.10 bits per heavy atom. The highest BCUT2D eigenvalue weighted by Crippen LogP contribution is 2.39. The van der Waals surface area contributed by atoms with E-state index in [1.807, 2.05) is 19.9 Å². The minimum atomic E-state index is 0.265. The summed E-state index contributed by atoms with van der Waals surface area (Å²) in [6.07, 6.45) is 3.88. The molecule has 1 aromatic rings. The van der Waals surface area contributed by atoms with Crippen LogP contribution in [0.5, 0.6) is 0 Å². The third-order valence-corrected chi connectivity index (χ3v) is 4.97. The Hall–Kier alpha value is -0.410. The predicted molar refractivity (Wildman–Crippen MR) is 95.6 cm³/mol. The van der Waals surface area contributed by atoms with Crippen molar-refractivity contribution >= 4 is 15.9 Å². The molecular formula is C18H31BrN2. The Morgan fingerprint density at radius 1 is 1.10 bits per heavy atom. The predicted octanol–water partition coefficient (Wildman–Crippen LogP) is 5.72. The third kappa shape index (κ3) is 4.53. The lowest BCUT2D eigenvalue weighted by atomic mass is 9.79. The number of hydrogen-bond donors (Lipinski definition) is 0. The van der Waals surface area contributed by atoms with Crippen LogP contribution in [-0.4, -0.2) is 21.0 Å². The van der Waals surface area contributed by atoms with E-state index in [9.17, 15) is 0 Å². The number of aromatic nitrogens is 1. The highest BCUT2D eigenvalue weighted by atomic mass is 79.9. The van der Waals surface area contributed by atoms with Crippen LogP contribution in [-0.2, 0) is 6.54 Å². The van der Waals surface area contributed by atoms with E-state index in [4.69, 9.17) is 0 Å². The Kier molecular flexibility index (Phi) is 6.42. The molecule has 0 radical (unpaired) electrons. The normalized spacial score (nSPS) is 20.6. The fourth-order valence-electron chi connectivity index (χ4n) is 3.37. The van der Waals surface area contributed by atoms with E-state index in [2.05, 4.69) is 66.5 Å². The number of nitrogens with zero attached hydrogens (tertiary/aromatic N) is 2. The Morgan fingerprint density at radius 2 is 1.62 bits per heavy atom. The monoisotopic (exact) mass is 354 g/mol. The second-order valence-electron chi connectivity index (χ2n) is 6.94. The Balaban J connectivity index is 0.00000106. The minimum Gasteiger partial charge on any atom is -0.289 e. The topological polar surface area (TPSA) is 16.1 Å². The zero-order chi connectivity index (χ0) is 16.3. The van der Waals surface area contributed by atoms with Crippen LogP contribution in [0.1, 0.15) is 72.1 Å². The molecule has 1 saturated heterocycles. The second kappa shape index (κ2) is 7.23. The van der Waals surface area contributed by atoms with E-state index in [-0.39, 0.29) is 11.1 Å². The molecule has 1 aliphatic rings. The molecule has 0 N–H and O–H groups in total. The van der Waals surface area contributed by atoms with Crippen LogP contribution < -0.4 is 0 Å². The summed E-state index contributed by atoms with van der Waals surface area (Å²) in [5.41, 5.74) is 3.00. The van der Waals surface area contributed by atoms with Gasteiger partial charge >= 0.3 is 0 Å². The first-order chi connectivity index (χ1) is 9.72. The maximum Gasteiger partial charge on any atom is 0.106 e. The van der Waals surface area contributed by atoms with Crippen LogP contribution in [0.2, 0.25) is 0 Å². The van der Waals surface area contributed by atoms with Crippen molar-refractivity contribution in [1.82, 2.24) is 9.88 Å². The largest absolute Gasteiger partial charge is 0.289 e. The molecule has 3 heteroatoms. The standard InChI is InChI=1S/C16H25BrN2.C2H6/c1-12-13(7-8-14(17)18-12)11-19-15(2,3)9-6-10-16(19,4)5;1-2/h7-8H,6,9-11H2,1-5H3;1-2H3. The lowest BCUT2D eigenvalue weighted by Gasteiger charge is -2.53. The van der Waals surface area contributed by atoms with Gasteiger partial charge in [-0.15, -0.1) is 0 Å². The first-order valence-corrected chi connectivity index (χ1v) is 8.91. The van der Waals surface area contributed by atoms with Crippen LogP contribution >= 0.6 is 15.9 Å². The van der Waals surface area contributed by atoms with Crippen LogP contribution in [0.3, 0.4) is 0 Å². The first kappa shape index (κ1) is 18.6. The molecule has 0 bridgehead atoms. The number of likely N-dealkylation sites (tertiary alicyclic amines) is 1. The summed E-state index contributed by atoms with van der Waals surface area (Å²) in [6, 6.07) is 4.25. The van der Waals surface area contributed by atoms with Gasteiger partial charge in [-0.25, -0.2) is 4.98 Å². The summed E-state index contributed by atoms with van der Waals surface area (Å²) < 4.78 is 0.922. The van der Waals surface area contributed by atoms with Gasteiger partial charge in [0, 0.05) is 23.3 Å². The lowest BCUT2D eigenvalue weighted by Crippen LogP contribution is -2.57. The van der Waals surface area contributed by atoms with Gasteiger partial charge in [0.2, 0.25) is 0 Å². The SMILES string of the molecule is CC.Cc1nc(Br)ccc1CN1C(C)(C)CCCC1(C)C. The number of halogens is 1. The molecule has 1 aliphatic heterocycles. The molecule has 21 heavy (non-hydrogen) atoms. The molecule has 2 rings (SSSR count). The number of piperidine rings is 1. The van der Waals surface area contributed by atoms with Gasteiger partial charge in [-0.2, -0.15) is 0 Å². The summed E-state index contributed by atoms with van der Waals surface area (Å²) in [5, 5.41) is 0. The van der Waals surface area contributed by atoms with Crippen molar-refractivity contribution in [3.8, 4) is 0 Å². The van der Waals surface area contributed by atoms with Crippen LogP contribution in [0, 0.1) is 6.92 Å². The number of rotatable bonds is 2. The van der Waals surface area contributed by atoms with Gasteiger partial charge in [0.1, 0.15) is 4.60 Å². The average Bonchev–Trinajstić information content (AvgIpc) is 2.37. The molecule has 1 fully saturated rings. The maximum absolute atomic E-state index is 4.52. The van der Waals surface area contributed by atoms with Crippen LogP contribution in [0.15, 0.2) is 16.7 Å². The molecule has 0 saturated carbocycles. The van der Waals surface area contributed by atoms with Crippen molar-refractivity contribution in [3.05, 3.63) is 28.0 Å². The molecule has 0 aliphatic carbocycles. The van der Waals surface area contributed by atoms with E-state index >= 15 is 0 Å².